The number of aliphatic hydroxyl groups excluding tert-OH is 1. The molecule has 1 atom stereocenters. The van der Waals surface area contributed by atoms with Gasteiger partial charge in [0.05, 0.1) is 30.8 Å². The van der Waals surface area contributed by atoms with Crippen molar-refractivity contribution in [3.8, 4) is 5.88 Å². The molecule has 0 radical (unpaired) electrons. The molecule has 1 aromatic rings. The van der Waals surface area contributed by atoms with Crippen molar-refractivity contribution in [2.75, 3.05) is 13.2 Å². The first-order chi connectivity index (χ1) is 7.38. The van der Waals surface area contributed by atoms with Crippen LogP contribution in [0.25, 0.3) is 0 Å². The van der Waals surface area contributed by atoms with Crippen molar-refractivity contribution >= 4 is 0 Å². The Morgan fingerprint density at radius 2 is 2.47 bits per heavy atom. The Morgan fingerprint density at radius 3 is 3.20 bits per heavy atom. The Kier molecular flexibility index (Phi) is 3.47. The molecule has 82 valence electrons. The number of aliphatic hydroxyl groups is 1. The Labute approximate surface area is 88.1 Å². The van der Waals surface area contributed by atoms with Crippen LogP contribution in [-0.2, 0) is 11.3 Å². The van der Waals surface area contributed by atoms with Crippen LogP contribution < -0.4 is 4.74 Å². The third-order valence-electron chi connectivity index (χ3n) is 2.27. The molecule has 0 spiro atoms. The third kappa shape index (κ3) is 2.87. The zero-order chi connectivity index (χ0) is 10.5. The van der Waals surface area contributed by atoms with E-state index in [0.29, 0.717) is 18.2 Å². The molecule has 0 bridgehead atoms. The quantitative estimate of drug-likeness (QED) is 0.785. The van der Waals surface area contributed by atoms with Gasteiger partial charge in [-0.05, 0) is 12.8 Å². The van der Waals surface area contributed by atoms with Gasteiger partial charge in [-0.1, -0.05) is 0 Å². The highest BCUT2D eigenvalue weighted by atomic mass is 16.5. The summed E-state index contributed by atoms with van der Waals surface area (Å²) in [5.74, 6) is 0.442. The van der Waals surface area contributed by atoms with E-state index in [1.165, 1.54) is 12.4 Å². The molecule has 1 aromatic heterocycles. The second kappa shape index (κ2) is 5.04. The third-order valence-corrected chi connectivity index (χ3v) is 2.27. The molecule has 2 heterocycles. The fraction of sp³-hybridized carbons (Fsp3) is 0.600. The van der Waals surface area contributed by atoms with Gasteiger partial charge in [-0.25, -0.2) is 4.98 Å². The lowest BCUT2D eigenvalue weighted by Gasteiger charge is -2.10. The summed E-state index contributed by atoms with van der Waals surface area (Å²) in [4.78, 5) is 7.97. The Hall–Kier alpha value is -1.20. The van der Waals surface area contributed by atoms with Gasteiger partial charge in [0.1, 0.15) is 6.61 Å². The highest BCUT2D eigenvalue weighted by molar-refractivity contribution is 5.07. The molecule has 5 heteroatoms. The largest absolute Gasteiger partial charge is 0.474 e. The van der Waals surface area contributed by atoms with Crippen LogP contribution in [0, 0.1) is 0 Å². The van der Waals surface area contributed by atoms with Gasteiger partial charge >= 0.3 is 0 Å². The van der Waals surface area contributed by atoms with Gasteiger partial charge in [0.25, 0.3) is 0 Å². The summed E-state index contributed by atoms with van der Waals surface area (Å²) in [6.07, 6.45) is 5.35. The number of aromatic nitrogens is 2. The molecule has 1 N–H and O–H groups in total. The lowest BCUT2D eigenvalue weighted by molar-refractivity contribution is 0.0660. The summed E-state index contributed by atoms with van der Waals surface area (Å²) in [6, 6.07) is 0. The Balaban J connectivity index is 1.86. The Morgan fingerprint density at radius 1 is 1.53 bits per heavy atom. The standard InChI is InChI=1S/C10H14N2O3/c13-6-8-4-11-5-10(12-8)15-7-9-2-1-3-14-9/h4-5,9,13H,1-3,6-7H2. The van der Waals surface area contributed by atoms with E-state index in [1.54, 1.807) is 0 Å². The van der Waals surface area contributed by atoms with Gasteiger partial charge in [-0.3, -0.25) is 4.98 Å². The normalized spacial score (nSPS) is 20.5. The first kappa shape index (κ1) is 10.3. The minimum absolute atomic E-state index is 0.121. The van der Waals surface area contributed by atoms with Crippen molar-refractivity contribution in [1.82, 2.24) is 9.97 Å². The molecule has 1 fully saturated rings. The van der Waals surface area contributed by atoms with Crippen molar-refractivity contribution in [2.45, 2.75) is 25.6 Å². The van der Waals surface area contributed by atoms with E-state index in [4.69, 9.17) is 14.6 Å². The molecular formula is C10H14N2O3. The molecule has 0 aromatic carbocycles. The summed E-state index contributed by atoms with van der Waals surface area (Å²) in [5.41, 5.74) is 0.514. The number of hydrogen-bond donors (Lipinski definition) is 1. The lowest BCUT2D eigenvalue weighted by Crippen LogP contribution is -2.17. The summed E-state index contributed by atoms with van der Waals surface area (Å²) >= 11 is 0. The fourth-order valence-electron chi connectivity index (χ4n) is 1.49. The van der Waals surface area contributed by atoms with Crippen molar-refractivity contribution < 1.29 is 14.6 Å². The summed E-state index contributed by atoms with van der Waals surface area (Å²) < 4.78 is 10.8. The van der Waals surface area contributed by atoms with Crippen LogP contribution in [0.4, 0.5) is 0 Å². The maximum absolute atomic E-state index is 8.86. The van der Waals surface area contributed by atoms with E-state index in [9.17, 15) is 0 Å². The van der Waals surface area contributed by atoms with Gasteiger partial charge < -0.3 is 14.6 Å². The van der Waals surface area contributed by atoms with Gasteiger partial charge in [-0.2, -0.15) is 0 Å². The number of rotatable bonds is 4. The second-order valence-electron chi connectivity index (χ2n) is 3.45. The van der Waals surface area contributed by atoms with Gasteiger partial charge in [0.15, 0.2) is 0 Å². The van der Waals surface area contributed by atoms with E-state index >= 15 is 0 Å². The van der Waals surface area contributed by atoms with Crippen LogP contribution >= 0.6 is 0 Å². The van der Waals surface area contributed by atoms with Crippen LogP contribution in [0.15, 0.2) is 12.4 Å². The molecule has 5 nitrogen and oxygen atoms in total. The molecule has 2 rings (SSSR count). The summed E-state index contributed by atoms with van der Waals surface area (Å²) in [6.45, 7) is 1.20. The molecule has 1 saturated heterocycles. The van der Waals surface area contributed by atoms with Gasteiger partial charge in [0.2, 0.25) is 5.88 Å². The SMILES string of the molecule is OCc1cncc(OCC2CCCO2)n1. The second-order valence-corrected chi connectivity index (χ2v) is 3.45. The van der Waals surface area contributed by atoms with Gasteiger partial charge in [0, 0.05) is 6.61 Å². The minimum atomic E-state index is -0.121. The van der Waals surface area contributed by atoms with Crippen molar-refractivity contribution in [1.29, 1.82) is 0 Å². The fourth-order valence-corrected chi connectivity index (χ4v) is 1.49. The summed E-state index contributed by atoms with van der Waals surface area (Å²) in [7, 11) is 0. The first-order valence-electron chi connectivity index (χ1n) is 5.04. The molecule has 1 aliphatic rings. The predicted molar refractivity (Wildman–Crippen MR) is 52.4 cm³/mol. The van der Waals surface area contributed by atoms with Crippen LogP contribution in [-0.4, -0.2) is 34.4 Å². The predicted octanol–water partition coefficient (Wildman–Crippen LogP) is 0.527. The molecule has 0 amide bonds. The lowest BCUT2D eigenvalue weighted by atomic mass is 10.2. The van der Waals surface area contributed by atoms with Crippen molar-refractivity contribution in [2.24, 2.45) is 0 Å². The maximum atomic E-state index is 8.86. The average molecular weight is 210 g/mol. The molecule has 1 unspecified atom stereocenters. The molecule has 0 aliphatic carbocycles. The monoisotopic (exact) mass is 210 g/mol. The summed E-state index contributed by atoms with van der Waals surface area (Å²) in [5, 5.41) is 8.86. The van der Waals surface area contributed by atoms with Crippen LogP contribution in [0.3, 0.4) is 0 Å². The van der Waals surface area contributed by atoms with Gasteiger partial charge in [-0.15, -0.1) is 0 Å². The van der Waals surface area contributed by atoms with E-state index in [-0.39, 0.29) is 12.7 Å². The van der Waals surface area contributed by atoms with Crippen LogP contribution in [0.1, 0.15) is 18.5 Å². The number of hydrogen-bond acceptors (Lipinski definition) is 5. The molecular weight excluding hydrogens is 196 g/mol. The zero-order valence-electron chi connectivity index (χ0n) is 8.43. The van der Waals surface area contributed by atoms with Crippen LogP contribution in [0.5, 0.6) is 5.88 Å². The van der Waals surface area contributed by atoms with Crippen LogP contribution in [0.2, 0.25) is 0 Å². The molecule has 1 aliphatic heterocycles. The smallest absolute Gasteiger partial charge is 0.232 e. The highest BCUT2D eigenvalue weighted by Gasteiger charge is 2.16. The minimum Gasteiger partial charge on any atom is -0.474 e. The molecule has 0 saturated carbocycles. The Bertz CT molecular complexity index is 313. The number of nitrogens with zero attached hydrogens (tertiary/aromatic N) is 2. The maximum Gasteiger partial charge on any atom is 0.232 e. The zero-order valence-corrected chi connectivity index (χ0v) is 8.43. The highest BCUT2D eigenvalue weighted by Crippen LogP contribution is 2.13. The van der Waals surface area contributed by atoms with Crippen molar-refractivity contribution in [3.05, 3.63) is 18.1 Å². The van der Waals surface area contributed by atoms with E-state index < -0.39 is 0 Å². The average Bonchev–Trinajstić information content (AvgIpc) is 2.79. The topological polar surface area (TPSA) is 64.5 Å². The van der Waals surface area contributed by atoms with Crippen molar-refractivity contribution in [3.63, 3.8) is 0 Å². The van der Waals surface area contributed by atoms with E-state index in [0.717, 1.165) is 19.4 Å². The molecule has 15 heavy (non-hydrogen) atoms. The first-order valence-corrected chi connectivity index (χ1v) is 5.04. The number of ether oxygens (including phenoxy) is 2. The van der Waals surface area contributed by atoms with E-state index in [2.05, 4.69) is 9.97 Å². The van der Waals surface area contributed by atoms with E-state index in [1.807, 2.05) is 0 Å².